The van der Waals surface area contributed by atoms with Crippen molar-refractivity contribution < 1.29 is 23.9 Å². The second kappa shape index (κ2) is 7.42. The van der Waals surface area contributed by atoms with Crippen molar-refractivity contribution in [1.29, 1.82) is 0 Å². The molecule has 1 aliphatic carbocycles. The van der Waals surface area contributed by atoms with E-state index in [4.69, 9.17) is 9.47 Å². The molecule has 0 unspecified atom stereocenters. The molecular weight excluding hydrogens is 348 g/mol. The van der Waals surface area contributed by atoms with Gasteiger partial charge >= 0.3 is 11.9 Å². The van der Waals surface area contributed by atoms with Crippen molar-refractivity contribution >= 4 is 29.2 Å². The molecule has 7 nitrogen and oxygen atoms in total. The number of hydrogen-bond acceptors (Lipinski definition) is 6. The van der Waals surface area contributed by atoms with E-state index in [-0.39, 0.29) is 17.4 Å². The Morgan fingerprint density at radius 1 is 1.15 bits per heavy atom. The maximum atomic E-state index is 12.3. The van der Waals surface area contributed by atoms with E-state index in [1.165, 1.54) is 20.0 Å². The SMILES string of the molecule is Cc1ccc(NC(=O)C2CCCC2)cc1NC=C1C(=O)OC(C)(C)OC1=O. The summed E-state index contributed by atoms with van der Waals surface area (Å²) < 4.78 is 10.1. The van der Waals surface area contributed by atoms with Crippen LogP contribution in [0.25, 0.3) is 0 Å². The Hall–Kier alpha value is -2.83. The molecule has 7 heteroatoms. The summed E-state index contributed by atoms with van der Waals surface area (Å²) >= 11 is 0. The predicted octanol–water partition coefficient (Wildman–Crippen LogP) is 3.26. The Morgan fingerprint density at radius 3 is 2.41 bits per heavy atom. The predicted molar refractivity (Wildman–Crippen MR) is 99.7 cm³/mol. The first-order chi connectivity index (χ1) is 12.7. The van der Waals surface area contributed by atoms with Crippen LogP contribution in [-0.4, -0.2) is 23.6 Å². The van der Waals surface area contributed by atoms with Gasteiger partial charge in [-0.25, -0.2) is 9.59 Å². The molecule has 1 amide bonds. The second-order valence-corrected chi connectivity index (χ2v) is 7.38. The number of nitrogens with one attached hydrogen (secondary N) is 2. The molecule has 27 heavy (non-hydrogen) atoms. The van der Waals surface area contributed by atoms with Crippen LogP contribution < -0.4 is 10.6 Å². The average Bonchev–Trinajstić information content (AvgIpc) is 3.10. The Balaban J connectivity index is 1.72. The number of ether oxygens (including phenoxy) is 2. The smallest absolute Gasteiger partial charge is 0.350 e. The fraction of sp³-hybridized carbons (Fsp3) is 0.450. The van der Waals surface area contributed by atoms with E-state index in [0.29, 0.717) is 11.4 Å². The topological polar surface area (TPSA) is 93.7 Å². The van der Waals surface area contributed by atoms with Crippen LogP contribution >= 0.6 is 0 Å². The van der Waals surface area contributed by atoms with Gasteiger partial charge in [-0.3, -0.25) is 4.79 Å². The lowest BCUT2D eigenvalue weighted by Crippen LogP contribution is -2.42. The molecule has 0 spiro atoms. The molecule has 0 radical (unpaired) electrons. The van der Waals surface area contributed by atoms with Crippen molar-refractivity contribution in [2.24, 2.45) is 5.92 Å². The Labute approximate surface area is 158 Å². The molecule has 144 valence electrons. The van der Waals surface area contributed by atoms with Gasteiger partial charge in [-0.1, -0.05) is 18.9 Å². The van der Waals surface area contributed by atoms with E-state index in [1.807, 2.05) is 19.1 Å². The van der Waals surface area contributed by atoms with Gasteiger partial charge in [0.15, 0.2) is 5.57 Å². The number of carbonyl (C=O) groups excluding carboxylic acids is 3. The van der Waals surface area contributed by atoms with Crippen molar-refractivity contribution in [3.63, 3.8) is 0 Å². The number of aryl methyl sites for hydroxylation is 1. The maximum Gasteiger partial charge on any atom is 0.350 e. The van der Waals surface area contributed by atoms with Crippen LogP contribution in [0.1, 0.15) is 45.1 Å². The average molecular weight is 372 g/mol. The van der Waals surface area contributed by atoms with Crippen LogP contribution in [0.15, 0.2) is 30.0 Å². The number of benzene rings is 1. The fourth-order valence-electron chi connectivity index (χ4n) is 3.22. The summed E-state index contributed by atoms with van der Waals surface area (Å²) in [6.45, 7) is 4.87. The first-order valence-electron chi connectivity index (χ1n) is 9.10. The van der Waals surface area contributed by atoms with Crippen molar-refractivity contribution in [1.82, 2.24) is 0 Å². The zero-order valence-electron chi connectivity index (χ0n) is 15.8. The van der Waals surface area contributed by atoms with Gasteiger partial charge in [-0.05, 0) is 37.5 Å². The van der Waals surface area contributed by atoms with Crippen molar-refractivity contribution in [2.45, 2.75) is 52.2 Å². The first kappa shape index (κ1) is 18.9. The summed E-state index contributed by atoms with van der Waals surface area (Å²) in [6, 6.07) is 5.45. The normalized spacial score (nSPS) is 19.3. The standard InChI is InChI=1S/C20H24N2O5/c1-12-8-9-14(22-17(23)13-6-4-5-7-13)10-16(12)21-11-15-18(24)26-20(2,3)27-19(15)25/h8-11,13,21H,4-7H2,1-3H3,(H,22,23). The lowest BCUT2D eigenvalue weighted by molar-refractivity contribution is -0.222. The Morgan fingerprint density at radius 2 is 1.78 bits per heavy atom. The van der Waals surface area contributed by atoms with Crippen molar-refractivity contribution in [3.8, 4) is 0 Å². The van der Waals surface area contributed by atoms with Crippen LogP contribution in [0.5, 0.6) is 0 Å². The minimum atomic E-state index is -1.27. The molecule has 0 bridgehead atoms. The summed E-state index contributed by atoms with van der Waals surface area (Å²) in [7, 11) is 0. The largest absolute Gasteiger partial charge is 0.419 e. The number of rotatable bonds is 4. The molecule has 1 saturated carbocycles. The minimum Gasteiger partial charge on any atom is -0.419 e. The second-order valence-electron chi connectivity index (χ2n) is 7.38. The van der Waals surface area contributed by atoms with Crippen LogP contribution in [0, 0.1) is 12.8 Å². The van der Waals surface area contributed by atoms with Gasteiger partial charge in [0.25, 0.3) is 5.79 Å². The third kappa shape index (κ3) is 4.48. The number of carbonyl (C=O) groups is 3. The van der Waals surface area contributed by atoms with Crippen molar-refractivity contribution in [2.75, 3.05) is 10.6 Å². The third-order valence-corrected chi connectivity index (χ3v) is 4.72. The van der Waals surface area contributed by atoms with Gasteiger partial charge in [0.05, 0.1) is 0 Å². The molecule has 1 saturated heterocycles. The fourth-order valence-corrected chi connectivity index (χ4v) is 3.22. The van der Waals surface area contributed by atoms with E-state index >= 15 is 0 Å². The van der Waals surface area contributed by atoms with Gasteiger partial charge in [-0.15, -0.1) is 0 Å². The molecule has 2 fully saturated rings. The van der Waals surface area contributed by atoms with E-state index in [1.54, 1.807) is 6.07 Å². The molecule has 1 aromatic rings. The number of anilines is 2. The van der Waals surface area contributed by atoms with E-state index in [9.17, 15) is 14.4 Å². The minimum absolute atomic E-state index is 0.0299. The zero-order valence-corrected chi connectivity index (χ0v) is 15.8. The van der Waals surface area contributed by atoms with E-state index < -0.39 is 17.7 Å². The summed E-state index contributed by atoms with van der Waals surface area (Å²) in [5.41, 5.74) is 2.00. The molecule has 3 rings (SSSR count). The maximum absolute atomic E-state index is 12.3. The van der Waals surface area contributed by atoms with Gasteiger partial charge in [0.2, 0.25) is 5.91 Å². The summed E-state index contributed by atoms with van der Waals surface area (Å²) in [5, 5.41) is 5.87. The first-order valence-corrected chi connectivity index (χ1v) is 9.10. The highest BCUT2D eigenvalue weighted by Gasteiger charge is 2.39. The quantitative estimate of drug-likeness (QED) is 0.479. The molecule has 2 aliphatic rings. The summed E-state index contributed by atoms with van der Waals surface area (Å²) in [4.78, 5) is 36.3. The van der Waals surface area contributed by atoms with E-state index in [2.05, 4.69) is 10.6 Å². The highest BCUT2D eigenvalue weighted by molar-refractivity contribution is 6.15. The van der Waals surface area contributed by atoms with Gasteiger partial charge in [0.1, 0.15) is 0 Å². The molecule has 2 N–H and O–H groups in total. The van der Waals surface area contributed by atoms with Crippen LogP contribution in [-0.2, 0) is 23.9 Å². The molecular formula is C20H24N2O5. The zero-order chi connectivity index (χ0) is 19.6. The van der Waals surface area contributed by atoms with Crippen LogP contribution in [0.4, 0.5) is 11.4 Å². The van der Waals surface area contributed by atoms with Gasteiger partial charge in [0, 0.05) is 37.3 Å². The number of esters is 2. The van der Waals surface area contributed by atoms with Crippen LogP contribution in [0.2, 0.25) is 0 Å². The molecule has 0 aromatic heterocycles. The van der Waals surface area contributed by atoms with Crippen molar-refractivity contribution in [3.05, 3.63) is 35.5 Å². The van der Waals surface area contributed by atoms with E-state index in [0.717, 1.165) is 31.2 Å². The van der Waals surface area contributed by atoms with Crippen LogP contribution in [0.3, 0.4) is 0 Å². The lowest BCUT2D eigenvalue weighted by atomic mass is 10.1. The number of cyclic esters (lactones) is 2. The highest BCUT2D eigenvalue weighted by Crippen LogP contribution is 2.28. The highest BCUT2D eigenvalue weighted by atomic mass is 16.7. The molecule has 1 aliphatic heterocycles. The molecule has 1 heterocycles. The monoisotopic (exact) mass is 372 g/mol. The summed E-state index contributed by atoms with van der Waals surface area (Å²) in [6.07, 6.45) is 5.31. The Kier molecular flexibility index (Phi) is 5.21. The summed E-state index contributed by atoms with van der Waals surface area (Å²) in [5.74, 6) is -2.66. The molecule has 0 atom stereocenters. The van der Waals surface area contributed by atoms with Gasteiger partial charge < -0.3 is 20.1 Å². The lowest BCUT2D eigenvalue weighted by Gasteiger charge is -2.29. The third-order valence-electron chi connectivity index (χ3n) is 4.72. The Bertz CT molecular complexity index is 785. The number of hydrogen-bond donors (Lipinski definition) is 2. The molecule has 1 aromatic carbocycles. The number of amides is 1. The van der Waals surface area contributed by atoms with Gasteiger partial charge in [-0.2, -0.15) is 0 Å².